The van der Waals surface area contributed by atoms with Gasteiger partial charge in [0, 0.05) is 0 Å². The van der Waals surface area contributed by atoms with E-state index in [9.17, 15) is 9.18 Å². The number of nitrogens with zero attached hydrogens (tertiary/aromatic N) is 3. The van der Waals surface area contributed by atoms with Crippen molar-refractivity contribution in [3.8, 4) is 11.4 Å². The maximum absolute atomic E-state index is 14.2. The van der Waals surface area contributed by atoms with Crippen LogP contribution < -0.4 is 5.73 Å². The molecular weight excluding hydrogens is 327 g/mol. The number of carbonyl (C=O) groups excluding carboxylic acids is 1. The van der Waals surface area contributed by atoms with Gasteiger partial charge < -0.3 is 5.73 Å². The van der Waals surface area contributed by atoms with Crippen LogP contribution in [0.1, 0.15) is 5.56 Å². The summed E-state index contributed by atoms with van der Waals surface area (Å²) in [6.45, 7) is 0.471. The van der Waals surface area contributed by atoms with Gasteiger partial charge in [0.15, 0.2) is 11.0 Å². The monoisotopic (exact) mass is 342 g/mol. The van der Waals surface area contributed by atoms with E-state index in [-0.39, 0.29) is 11.6 Å². The standard InChI is InChI=1S/C17H15FN4OS/c18-14-9-5-4-8-13(14)16-20-21-17(24-11-15(19)23)22(16)10-12-6-2-1-3-7-12/h1-9H,10-11H2,(H2,19,23). The molecule has 0 saturated heterocycles. The van der Waals surface area contributed by atoms with Crippen molar-refractivity contribution in [3.63, 3.8) is 0 Å². The molecule has 0 radical (unpaired) electrons. The maximum Gasteiger partial charge on any atom is 0.227 e. The minimum atomic E-state index is -0.443. The summed E-state index contributed by atoms with van der Waals surface area (Å²) in [4.78, 5) is 11.1. The fraction of sp³-hybridized carbons (Fsp3) is 0.118. The number of hydrogen-bond acceptors (Lipinski definition) is 4. The van der Waals surface area contributed by atoms with Gasteiger partial charge in [-0.25, -0.2) is 4.39 Å². The lowest BCUT2D eigenvalue weighted by Crippen LogP contribution is -2.14. The molecule has 1 heterocycles. The highest BCUT2D eigenvalue weighted by molar-refractivity contribution is 7.99. The second-order valence-corrected chi connectivity index (χ2v) is 6.06. The number of primary amides is 1. The average molecular weight is 342 g/mol. The largest absolute Gasteiger partial charge is 0.369 e. The second-order valence-electron chi connectivity index (χ2n) is 5.11. The molecule has 0 unspecified atom stereocenters. The number of benzene rings is 2. The molecule has 0 aliphatic rings. The third-order valence-corrected chi connectivity index (χ3v) is 4.35. The fourth-order valence-electron chi connectivity index (χ4n) is 2.28. The van der Waals surface area contributed by atoms with Crippen LogP contribution in [0.5, 0.6) is 0 Å². The van der Waals surface area contributed by atoms with Crippen LogP contribution in [0.2, 0.25) is 0 Å². The zero-order valence-corrected chi connectivity index (χ0v) is 13.5. The molecule has 0 saturated carbocycles. The van der Waals surface area contributed by atoms with Gasteiger partial charge in [-0.15, -0.1) is 10.2 Å². The van der Waals surface area contributed by atoms with Crippen molar-refractivity contribution in [2.24, 2.45) is 5.73 Å². The molecular formula is C17H15FN4OS. The number of thioether (sulfide) groups is 1. The molecule has 1 aromatic heterocycles. The maximum atomic E-state index is 14.2. The Morgan fingerprint density at radius 3 is 2.50 bits per heavy atom. The summed E-state index contributed by atoms with van der Waals surface area (Å²) in [5.41, 5.74) is 6.60. The van der Waals surface area contributed by atoms with Gasteiger partial charge in [-0.05, 0) is 17.7 Å². The number of carbonyl (C=O) groups is 1. The van der Waals surface area contributed by atoms with Crippen LogP contribution in [0.25, 0.3) is 11.4 Å². The van der Waals surface area contributed by atoms with E-state index in [1.165, 1.54) is 17.8 Å². The molecule has 7 heteroatoms. The number of aromatic nitrogens is 3. The Balaban J connectivity index is 2.02. The molecule has 24 heavy (non-hydrogen) atoms. The van der Waals surface area contributed by atoms with Crippen LogP contribution in [0.4, 0.5) is 4.39 Å². The summed E-state index contributed by atoms with van der Waals surface area (Å²) in [6, 6.07) is 16.1. The summed E-state index contributed by atoms with van der Waals surface area (Å²) in [5, 5.41) is 8.75. The van der Waals surface area contributed by atoms with Crippen molar-refractivity contribution in [3.05, 3.63) is 66.0 Å². The van der Waals surface area contributed by atoms with E-state index in [0.717, 1.165) is 5.56 Å². The summed E-state index contributed by atoms with van der Waals surface area (Å²) >= 11 is 1.19. The SMILES string of the molecule is NC(=O)CSc1nnc(-c2ccccc2F)n1Cc1ccccc1. The minimum Gasteiger partial charge on any atom is -0.369 e. The summed E-state index contributed by atoms with van der Waals surface area (Å²) in [6.07, 6.45) is 0. The lowest BCUT2D eigenvalue weighted by atomic mass is 10.2. The van der Waals surface area contributed by atoms with Gasteiger partial charge in [-0.3, -0.25) is 9.36 Å². The molecule has 2 aromatic carbocycles. The summed E-state index contributed by atoms with van der Waals surface area (Å²) in [5.74, 6) is -0.305. The van der Waals surface area contributed by atoms with Crippen molar-refractivity contribution in [2.45, 2.75) is 11.7 Å². The van der Waals surface area contributed by atoms with Gasteiger partial charge in [0.2, 0.25) is 5.91 Å². The van der Waals surface area contributed by atoms with Gasteiger partial charge in [-0.2, -0.15) is 0 Å². The molecule has 3 aromatic rings. The van der Waals surface area contributed by atoms with E-state index < -0.39 is 5.91 Å². The van der Waals surface area contributed by atoms with E-state index in [1.54, 1.807) is 22.8 Å². The Kier molecular flexibility index (Phi) is 4.90. The number of halogens is 1. The van der Waals surface area contributed by atoms with E-state index in [2.05, 4.69) is 10.2 Å². The van der Waals surface area contributed by atoms with Crippen molar-refractivity contribution < 1.29 is 9.18 Å². The Labute approximate surface area is 142 Å². The second kappa shape index (κ2) is 7.27. The lowest BCUT2D eigenvalue weighted by Gasteiger charge is -2.10. The molecule has 2 N–H and O–H groups in total. The van der Waals surface area contributed by atoms with Gasteiger partial charge in [-0.1, -0.05) is 54.2 Å². The highest BCUT2D eigenvalue weighted by Gasteiger charge is 2.17. The first kappa shape index (κ1) is 16.2. The number of nitrogens with two attached hydrogens (primary N) is 1. The Hall–Kier alpha value is -2.67. The van der Waals surface area contributed by atoms with Crippen LogP contribution in [0.15, 0.2) is 59.8 Å². The van der Waals surface area contributed by atoms with Crippen LogP contribution in [0.3, 0.4) is 0 Å². The first-order valence-electron chi connectivity index (χ1n) is 7.28. The van der Waals surface area contributed by atoms with Crippen molar-refractivity contribution >= 4 is 17.7 Å². The first-order valence-corrected chi connectivity index (χ1v) is 8.27. The molecule has 0 atom stereocenters. The quantitative estimate of drug-likeness (QED) is 0.699. The highest BCUT2D eigenvalue weighted by atomic mass is 32.2. The first-order chi connectivity index (χ1) is 11.6. The molecule has 1 amide bonds. The van der Waals surface area contributed by atoms with Crippen molar-refractivity contribution in [2.75, 3.05) is 5.75 Å². The predicted molar refractivity (Wildman–Crippen MR) is 90.9 cm³/mol. The fourth-order valence-corrected chi connectivity index (χ4v) is 2.96. The average Bonchev–Trinajstić information content (AvgIpc) is 2.97. The van der Waals surface area contributed by atoms with Crippen LogP contribution in [0, 0.1) is 5.82 Å². The Morgan fingerprint density at radius 1 is 1.08 bits per heavy atom. The van der Waals surface area contributed by atoms with E-state index in [0.29, 0.717) is 23.1 Å². The van der Waals surface area contributed by atoms with E-state index in [4.69, 9.17) is 5.73 Å². The van der Waals surface area contributed by atoms with E-state index >= 15 is 0 Å². The molecule has 0 aliphatic heterocycles. The summed E-state index contributed by atoms with van der Waals surface area (Å²) < 4.78 is 15.9. The number of rotatable bonds is 6. The summed E-state index contributed by atoms with van der Waals surface area (Å²) in [7, 11) is 0. The molecule has 0 aliphatic carbocycles. The molecule has 3 rings (SSSR count). The molecule has 0 fully saturated rings. The van der Waals surface area contributed by atoms with Crippen molar-refractivity contribution in [1.82, 2.24) is 14.8 Å². The van der Waals surface area contributed by atoms with Gasteiger partial charge >= 0.3 is 0 Å². The third-order valence-electron chi connectivity index (χ3n) is 3.36. The third kappa shape index (κ3) is 3.62. The Bertz CT molecular complexity index is 851. The predicted octanol–water partition coefficient (Wildman–Crippen LogP) is 2.71. The number of amides is 1. The topological polar surface area (TPSA) is 73.8 Å². The minimum absolute atomic E-state index is 0.0875. The zero-order chi connectivity index (χ0) is 16.9. The van der Waals surface area contributed by atoms with Crippen LogP contribution in [-0.4, -0.2) is 26.4 Å². The Morgan fingerprint density at radius 2 is 1.79 bits per heavy atom. The molecule has 122 valence electrons. The van der Waals surface area contributed by atoms with Gasteiger partial charge in [0.1, 0.15) is 5.82 Å². The zero-order valence-electron chi connectivity index (χ0n) is 12.7. The smallest absolute Gasteiger partial charge is 0.227 e. The van der Waals surface area contributed by atoms with Crippen molar-refractivity contribution in [1.29, 1.82) is 0 Å². The van der Waals surface area contributed by atoms with E-state index in [1.807, 2.05) is 30.3 Å². The van der Waals surface area contributed by atoms with Crippen LogP contribution >= 0.6 is 11.8 Å². The molecule has 0 bridgehead atoms. The normalized spacial score (nSPS) is 10.7. The lowest BCUT2D eigenvalue weighted by molar-refractivity contribution is -0.115. The van der Waals surface area contributed by atoms with Crippen LogP contribution in [-0.2, 0) is 11.3 Å². The molecule has 5 nitrogen and oxygen atoms in total. The molecule has 0 spiro atoms. The van der Waals surface area contributed by atoms with Gasteiger partial charge in [0.25, 0.3) is 0 Å². The highest BCUT2D eigenvalue weighted by Crippen LogP contribution is 2.26. The number of hydrogen-bond donors (Lipinski definition) is 1. The van der Waals surface area contributed by atoms with Gasteiger partial charge in [0.05, 0.1) is 17.9 Å².